The fourth-order valence-corrected chi connectivity index (χ4v) is 5.99. The van der Waals surface area contributed by atoms with Gasteiger partial charge in [-0.3, -0.25) is 14.7 Å². The van der Waals surface area contributed by atoms with Gasteiger partial charge in [0.05, 0.1) is 17.1 Å². The number of hydrogen-bond acceptors (Lipinski definition) is 6. The standard InChI is InChI=1S/C29H33N7O3S/c1-19-15-20-16-21(9-10-24(20)39-19)30-29(32-26-17-23(33-34-26)25-8-6-14-40-25)31-22-7-2-3-13-36(28(22)38)18-27(37)35-11-4-5-12-35/h6,8-10,14-17,22H,2-5,7,11-13,18H2,1H3,(H3,30,31,32,33,34). The Morgan fingerprint density at radius 2 is 1.98 bits per heavy atom. The molecule has 2 aliphatic rings. The number of carbonyl (C=O) groups excluding carboxylic acids is 2. The Hall–Kier alpha value is -4.12. The first-order chi connectivity index (χ1) is 19.5. The normalized spacial score (nSPS) is 18.4. The summed E-state index contributed by atoms with van der Waals surface area (Å²) in [6.07, 6.45) is 4.37. The average Bonchev–Trinajstić information content (AvgIpc) is 3.75. The van der Waals surface area contributed by atoms with E-state index < -0.39 is 6.04 Å². The van der Waals surface area contributed by atoms with Crippen LogP contribution >= 0.6 is 11.3 Å². The van der Waals surface area contributed by atoms with Crippen LogP contribution in [0, 0.1) is 6.92 Å². The van der Waals surface area contributed by atoms with Crippen molar-refractivity contribution < 1.29 is 14.0 Å². The van der Waals surface area contributed by atoms with Crippen LogP contribution in [0.2, 0.25) is 0 Å². The Labute approximate surface area is 236 Å². The molecule has 10 nitrogen and oxygen atoms in total. The number of H-pyrrole nitrogens is 1. The number of aryl methyl sites for hydroxylation is 1. The van der Waals surface area contributed by atoms with Gasteiger partial charge in [0, 0.05) is 36.8 Å². The number of guanidine groups is 1. The van der Waals surface area contributed by atoms with Gasteiger partial charge in [0.15, 0.2) is 5.82 Å². The van der Waals surface area contributed by atoms with E-state index in [1.165, 1.54) is 0 Å². The number of nitrogens with one attached hydrogen (secondary N) is 3. The quantitative estimate of drug-likeness (QED) is 0.224. The van der Waals surface area contributed by atoms with Crippen LogP contribution in [0.1, 0.15) is 37.9 Å². The van der Waals surface area contributed by atoms with Crippen LogP contribution in [0.4, 0.5) is 11.5 Å². The van der Waals surface area contributed by atoms with Gasteiger partial charge in [0.25, 0.3) is 0 Å². The maximum Gasteiger partial charge on any atom is 0.247 e. The van der Waals surface area contributed by atoms with Crippen molar-refractivity contribution in [1.82, 2.24) is 20.0 Å². The fraction of sp³-hybridized carbons (Fsp3) is 0.379. The summed E-state index contributed by atoms with van der Waals surface area (Å²) in [4.78, 5) is 36.0. The van der Waals surface area contributed by atoms with E-state index in [9.17, 15) is 9.59 Å². The highest BCUT2D eigenvalue weighted by Crippen LogP contribution is 2.26. The molecule has 6 rings (SSSR count). The van der Waals surface area contributed by atoms with Crippen molar-refractivity contribution in [3.8, 4) is 10.6 Å². The van der Waals surface area contributed by atoms with Gasteiger partial charge in [-0.25, -0.2) is 4.99 Å². The number of benzene rings is 1. The highest BCUT2D eigenvalue weighted by molar-refractivity contribution is 7.13. The lowest BCUT2D eigenvalue weighted by molar-refractivity contribution is -0.140. The lowest BCUT2D eigenvalue weighted by Gasteiger charge is -2.25. The first-order valence-corrected chi connectivity index (χ1v) is 14.7. The number of anilines is 2. The number of aromatic nitrogens is 2. The molecule has 4 aromatic rings. The van der Waals surface area contributed by atoms with E-state index in [2.05, 4.69) is 20.8 Å². The van der Waals surface area contributed by atoms with E-state index in [-0.39, 0.29) is 18.4 Å². The third-order valence-electron chi connectivity index (χ3n) is 7.34. The van der Waals surface area contributed by atoms with Crippen LogP contribution in [-0.2, 0) is 9.59 Å². The minimum absolute atomic E-state index is 0.0216. The molecule has 208 valence electrons. The summed E-state index contributed by atoms with van der Waals surface area (Å²) in [5, 5.41) is 17.1. The molecule has 2 aliphatic heterocycles. The maximum absolute atomic E-state index is 13.6. The van der Waals surface area contributed by atoms with Crippen molar-refractivity contribution in [2.24, 2.45) is 4.99 Å². The van der Waals surface area contributed by atoms with Crippen molar-refractivity contribution in [3.05, 3.63) is 53.6 Å². The van der Waals surface area contributed by atoms with Gasteiger partial charge in [0.1, 0.15) is 17.4 Å². The Morgan fingerprint density at radius 1 is 1.12 bits per heavy atom. The molecule has 3 N–H and O–H groups in total. The molecule has 5 heterocycles. The van der Waals surface area contributed by atoms with Crippen molar-refractivity contribution in [2.45, 2.75) is 45.1 Å². The zero-order chi connectivity index (χ0) is 27.5. The zero-order valence-electron chi connectivity index (χ0n) is 22.5. The van der Waals surface area contributed by atoms with E-state index in [4.69, 9.17) is 9.41 Å². The number of fused-ring (bicyclic) bond motifs is 1. The molecule has 1 unspecified atom stereocenters. The summed E-state index contributed by atoms with van der Waals surface area (Å²) in [5.74, 6) is 1.73. The van der Waals surface area contributed by atoms with Crippen LogP contribution in [0.25, 0.3) is 21.5 Å². The number of rotatable bonds is 6. The predicted molar refractivity (Wildman–Crippen MR) is 158 cm³/mol. The molecule has 3 aromatic heterocycles. The van der Waals surface area contributed by atoms with E-state index in [0.717, 1.165) is 71.8 Å². The smallest absolute Gasteiger partial charge is 0.247 e. The number of nitrogens with zero attached hydrogens (tertiary/aromatic N) is 4. The van der Waals surface area contributed by atoms with E-state index in [1.54, 1.807) is 16.2 Å². The molecule has 0 bridgehead atoms. The molecule has 2 saturated heterocycles. The van der Waals surface area contributed by atoms with Gasteiger partial charge in [0.2, 0.25) is 17.8 Å². The van der Waals surface area contributed by atoms with Gasteiger partial charge in [-0.15, -0.1) is 11.3 Å². The topological polar surface area (TPSA) is 119 Å². The van der Waals surface area contributed by atoms with Crippen molar-refractivity contribution in [2.75, 3.05) is 36.8 Å². The minimum atomic E-state index is -0.612. The largest absolute Gasteiger partial charge is 0.461 e. The number of carbonyl (C=O) groups is 2. The fourth-order valence-electron chi connectivity index (χ4n) is 5.30. The Balaban J connectivity index is 1.26. The summed E-state index contributed by atoms with van der Waals surface area (Å²) in [6.45, 7) is 4.15. The van der Waals surface area contributed by atoms with Gasteiger partial charge in [-0.1, -0.05) is 6.07 Å². The molecule has 0 spiro atoms. The van der Waals surface area contributed by atoms with Crippen molar-refractivity contribution in [3.63, 3.8) is 0 Å². The second-order valence-electron chi connectivity index (χ2n) is 10.3. The second kappa shape index (κ2) is 11.5. The van der Waals surface area contributed by atoms with Crippen LogP contribution in [0.15, 0.2) is 57.3 Å². The molecule has 40 heavy (non-hydrogen) atoms. The highest BCUT2D eigenvalue weighted by Gasteiger charge is 2.30. The van der Waals surface area contributed by atoms with Gasteiger partial charge < -0.3 is 24.9 Å². The summed E-state index contributed by atoms with van der Waals surface area (Å²) in [7, 11) is 0. The summed E-state index contributed by atoms with van der Waals surface area (Å²) >= 11 is 1.62. The number of likely N-dealkylation sites (tertiary alicyclic amines) is 2. The van der Waals surface area contributed by atoms with Crippen molar-refractivity contribution in [1.29, 1.82) is 0 Å². The Kier molecular flexibility index (Phi) is 7.54. The molecule has 11 heteroatoms. The number of hydrogen-bond donors (Lipinski definition) is 3. The summed E-state index contributed by atoms with van der Waals surface area (Å²) < 4.78 is 5.72. The minimum Gasteiger partial charge on any atom is -0.461 e. The number of aliphatic imine (C=N–C) groups is 1. The summed E-state index contributed by atoms with van der Waals surface area (Å²) in [5.41, 5.74) is 2.50. The molecule has 0 aliphatic carbocycles. The van der Waals surface area contributed by atoms with Crippen LogP contribution in [-0.4, -0.2) is 70.0 Å². The van der Waals surface area contributed by atoms with E-state index >= 15 is 0 Å². The Bertz CT molecular complexity index is 1520. The second-order valence-corrected chi connectivity index (χ2v) is 11.3. The third kappa shape index (κ3) is 5.89. The number of amides is 2. The average molecular weight is 560 g/mol. The van der Waals surface area contributed by atoms with Gasteiger partial charge >= 0.3 is 0 Å². The van der Waals surface area contributed by atoms with Crippen LogP contribution < -0.4 is 10.6 Å². The van der Waals surface area contributed by atoms with E-state index in [1.807, 2.05) is 59.7 Å². The van der Waals surface area contributed by atoms with Crippen LogP contribution in [0.3, 0.4) is 0 Å². The predicted octanol–water partition coefficient (Wildman–Crippen LogP) is 5.08. The first-order valence-electron chi connectivity index (χ1n) is 13.8. The maximum atomic E-state index is 13.6. The molecule has 2 amide bonds. The monoisotopic (exact) mass is 559 g/mol. The molecule has 2 fully saturated rings. The molecule has 1 aromatic carbocycles. The number of aromatic amines is 1. The molecule has 0 saturated carbocycles. The number of furan rings is 1. The molecular formula is C29H33N7O3S. The van der Waals surface area contributed by atoms with Crippen LogP contribution in [0.5, 0.6) is 0 Å². The third-order valence-corrected chi connectivity index (χ3v) is 8.24. The SMILES string of the molecule is Cc1cc2cc(NC(=NC3CCCCN(CC(=O)N4CCCC4)C3=O)Nc3cc(-c4cccs4)[nH]n3)ccc2o1. The van der Waals surface area contributed by atoms with Gasteiger partial charge in [-0.05, 0) is 74.7 Å². The summed E-state index contributed by atoms with van der Waals surface area (Å²) in [6, 6.07) is 13.1. The zero-order valence-corrected chi connectivity index (χ0v) is 23.3. The molecule has 0 radical (unpaired) electrons. The molecular weight excluding hydrogens is 526 g/mol. The Morgan fingerprint density at radius 3 is 2.80 bits per heavy atom. The molecule has 1 atom stereocenters. The lowest BCUT2D eigenvalue weighted by atomic mass is 10.1. The first kappa shape index (κ1) is 26.1. The van der Waals surface area contributed by atoms with Crippen molar-refractivity contribution >= 4 is 51.6 Å². The highest BCUT2D eigenvalue weighted by atomic mass is 32.1. The van der Waals surface area contributed by atoms with Gasteiger partial charge in [-0.2, -0.15) is 5.10 Å². The lowest BCUT2D eigenvalue weighted by Crippen LogP contribution is -2.45. The van der Waals surface area contributed by atoms with E-state index in [0.29, 0.717) is 24.7 Å². The number of thiophene rings is 1.